The van der Waals surface area contributed by atoms with Gasteiger partial charge >= 0.3 is 0 Å². The first-order valence-electron chi connectivity index (χ1n) is 6.04. The van der Waals surface area contributed by atoms with E-state index in [2.05, 4.69) is 5.32 Å². The molecule has 0 atom stereocenters. The average Bonchev–Trinajstić information content (AvgIpc) is 2.47. The van der Waals surface area contributed by atoms with E-state index in [1.54, 1.807) is 0 Å². The third-order valence-corrected chi connectivity index (χ3v) is 2.59. The molecule has 2 aromatic carbocycles. The highest BCUT2D eigenvalue weighted by Gasteiger charge is 2.04. The molecule has 0 aromatic heterocycles. The molecule has 1 N–H and O–H groups in total. The minimum Gasteiger partial charge on any atom is -0.545 e. The molecule has 0 fully saturated rings. The number of amides is 1. The average molecular weight is 288 g/mol. The van der Waals surface area contributed by atoms with Crippen molar-refractivity contribution in [1.82, 2.24) is 0 Å². The number of halogens is 1. The van der Waals surface area contributed by atoms with Crippen molar-refractivity contribution in [2.24, 2.45) is 0 Å². The standard InChI is InChI=1S/C15H12FNO4/c16-11-3-7-13(8-4-11)21-9-14(18)17-12-5-1-10(2-6-12)15(19)20/h1-8H,9H2,(H,17,18)(H,19,20)/p-1. The van der Waals surface area contributed by atoms with Crippen molar-refractivity contribution < 1.29 is 23.8 Å². The second-order valence-electron chi connectivity index (χ2n) is 4.16. The van der Waals surface area contributed by atoms with E-state index in [0.29, 0.717) is 11.4 Å². The molecule has 108 valence electrons. The van der Waals surface area contributed by atoms with Gasteiger partial charge in [-0.15, -0.1) is 0 Å². The first-order chi connectivity index (χ1) is 10.0. The molecule has 0 aliphatic carbocycles. The number of aromatic carboxylic acids is 1. The van der Waals surface area contributed by atoms with Gasteiger partial charge in [0.1, 0.15) is 11.6 Å². The zero-order valence-corrected chi connectivity index (χ0v) is 10.8. The summed E-state index contributed by atoms with van der Waals surface area (Å²) in [5.41, 5.74) is 0.461. The van der Waals surface area contributed by atoms with Crippen molar-refractivity contribution in [3.63, 3.8) is 0 Å². The SMILES string of the molecule is O=C(COc1ccc(F)cc1)Nc1ccc(C(=O)[O-])cc1. The van der Waals surface area contributed by atoms with Crippen LogP contribution in [-0.2, 0) is 4.79 Å². The molecule has 0 unspecified atom stereocenters. The van der Waals surface area contributed by atoms with Gasteiger partial charge in [0.25, 0.3) is 5.91 Å². The lowest BCUT2D eigenvalue weighted by Gasteiger charge is -2.08. The lowest BCUT2D eigenvalue weighted by atomic mass is 10.2. The van der Waals surface area contributed by atoms with Crippen molar-refractivity contribution in [3.05, 3.63) is 59.9 Å². The van der Waals surface area contributed by atoms with E-state index in [4.69, 9.17) is 4.74 Å². The summed E-state index contributed by atoms with van der Waals surface area (Å²) in [4.78, 5) is 22.2. The fourth-order valence-corrected chi connectivity index (χ4v) is 1.57. The zero-order valence-electron chi connectivity index (χ0n) is 10.8. The molecule has 6 heteroatoms. The minimum atomic E-state index is -1.28. The van der Waals surface area contributed by atoms with Crippen molar-refractivity contribution in [1.29, 1.82) is 0 Å². The number of hydrogen-bond acceptors (Lipinski definition) is 4. The number of carbonyl (C=O) groups is 2. The summed E-state index contributed by atoms with van der Waals surface area (Å²) in [7, 11) is 0. The van der Waals surface area contributed by atoms with Crippen molar-refractivity contribution in [3.8, 4) is 5.75 Å². The zero-order chi connectivity index (χ0) is 15.2. The molecule has 5 nitrogen and oxygen atoms in total. The van der Waals surface area contributed by atoms with Crippen molar-refractivity contribution >= 4 is 17.6 Å². The van der Waals surface area contributed by atoms with E-state index in [0.717, 1.165) is 0 Å². The summed E-state index contributed by atoms with van der Waals surface area (Å²) in [6.07, 6.45) is 0. The van der Waals surface area contributed by atoms with Gasteiger partial charge in [0.15, 0.2) is 6.61 Å². The van der Waals surface area contributed by atoms with Crippen LogP contribution in [0.2, 0.25) is 0 Å². The number of benzene rings is 2. The molecule has 0 saturated carbocycles. The number of hydrogen-bond donors (Lipinski definition) is 1. The molecule has 0 spiro atoms. The molecule has 21 heavy (non-hydrogen) atoms. The normalized spacial score (nSPS) is 9.95. The molecule has 1 amide bonds. The highest BCUT2D eigenvalue weighted by molar-refractivity contribution is 5.92. The molecule has 2 aromatic rings. The third-order valence-electron chi connectivity index (χ3n) is 2.59. The monoisotopic (exact) mass is 288 g/mol. The van der Waals surface area contributed by atoms with E-state index in [1.165, 1.54) is 48.5 Å². The lowest BCUT2D eigenvalue weighted by molar-refractivity contribution is -0.255. The highest BCUT2D eigenvalue weighted by atomic mass is 19.1. The number of rotatable bonds is 5. The predicted octanol–water partition coefficient (Wildman–Crippen LogP) is 1.21. The Kier molecular flexibility index (Phi) is 4.50. The number of anilines is 1. The number of carbonyl (C=O) groups excluding carboxylic acids is 2. The second kappa shape index (κ2) is 6.51. The van der Waals surface area contributed by atoms with E-state index >= 15 is 0 Å². The maximum atomic E-state index is 12.7. The molecule has 0 heterocycles. The van der Waals surface area contributed by atoms with E-state index < -0.39 is 11.9 Å². The Hall–Kier alpha value is -2.89. The van der Waals surface area contributed by atoms with Crippen molar-refractivity contribution in [2.75, 3.05) is 11.9 Å². The van der Waals surface area contributed by atoms with E-state index in [1.807, 2.05) is 0 Å². The van der Waals surface area contributed by atoms with Crippen LogP contribution in [0.1, 0.15) is 10.4 Å². The van der Waals surface area contributed by atoms with Gasteiger partial charge in [-0.05, 0) is 42.0 Å². The molecule has 2 rings (SSSR count). The van der Waals surface area contributed by atoms with Gasteiger partial charge in [0.2, 0.25) is 0 Å². The second-order valence-corrected chi connectivity index (χ2v) is 4.16. The summed E-state index contributed by atoms with van der Waals surface area (Å²) in [5.74, 6) is -1.72. The Labute approximate surface area is 120 Å². The van der Waals surface area contributed by atoms with Gasteiger partial charge in [0.05, 0.1) is 5.97 Å². The maximum Gasteiger partial charge on any atom is 0.262 e. The van der Waals surface area contributed by atoms with Gasteiger partial charge < -0.3 is 20.0 Å². The van der Waals surface area contributed by atoms with Gasteiger partial charge in [-0.3, -0.25) is 4.79 Å². The lowest BCUT2D eigenvalue weighted by Crippen LogP contribution is -2.22. The van der Waals surface area contributed by atoms with Crippen LogP contribution in [0.4, 0.5) is 10.1 Å². The number of ether oxygens (including phenoxy) is 1. The first-order valence-corrected chi connectivity index (χ1v) is 6.04. The van der Waals surface area contributed by atoms with Gasteiger partial charge in [-0.25, -0.2) is 4.39 Å². The van der Waals surface area contributed by atoms with E-state index in [-0.39, 0.29) is 18.0 Å². The Morgan fingerprint density at radius 1 is 1.05 bits per heavy atom. The van der Waals surface area contributed by atoms with Gasteiger partial charge in [0, 0.05) is 5.69 Å². The first kappa shape index (κ1) is 14.5. The van der Waals surface area contributed by atoms with Crippen LogP contribution >= 0.6 is 0 Å². The summed E-state index contributed by atoms with van der Waals surface area (Å²) in [6.45, 7) is -0.242. The van der Waals surface area contributed by atoms with Crippen LogP contribution in [0, 0.1) is 5.82 Å². The topological polar surface area (TPSA) is 78.5 Å². The molecule has 0 bridgehead atoms. The molecular formula is C15H11FNO4-. The summed E-state index contributed by atoms with van der Waals surface area (Å²) >= 11 is 0. The summed E-state index contributed by atoms with van der Waals surface area (Å²) < 4.78 is 17.9. The third kappa shape index (κ3) is 4.31. The fraction of sp³-hybridized carbons (Fsp3) is 0.0667. The summed E-state index contributed by atoms with van der Waals surface area (Å²) in [5, 5.41) is 13.1. The Morgan fingerprint density at radius 3 is 2.24 bits per heavy atom. The molecular weight excluding hydrogens is 277 g/mol. The molecule has 0 aliphatic heterocycles. The minimum absolute atomic E-state index is 0.0237. The Morgan fingerprint density at radius 2 is 1.67 bits per heavy atom. The predicted molar refractivity (Wildman–Crippen MR) is 71.3 cm³/mol. The fourth-order valence-electron chi connectivity index (χ4n) is 1.57. The van der Waals surface area contributed by atoms with E-state index in [9.17, 15) is 19.1 Å². The molecule has 0 aliphatic rings. The van der Waals surface area contributed by atoms with Crippen LogP contribution in [0.15, 0.2) is 48.5 Å². The number of carboxylic acid groups (broad SMARTS) is 1. The van der Waals surface area contributed by atoms with Crippen LogP contribution in [0.3, 0.4) is 0 Å². The maximum absolute atomic E-state index is 12.7. The number of carboxylic acids is 1. The van der Waals surface area contributed by atoms with Crippen LogP contribution in [0.5, 0.6) is 5.75 Å². The van der Waals surface area contributed by atoms with Crippen LogP contribution in [-0.4, -0.2) is 18.5 Å². The quantitative estimate of drug-likeness (QED) is 0.897. The van der Waals surface area contributed by atoms with Gasteiger partial charge in [-0.1, -0.05) is 12.1 Å². The smallest absolute Gasteiger partial charge is 0.262 e. The van der Waals surface area contributed by atoms with Crippen LogP contribution in [0.25, 0.3) is 0 Å². The molecule has 0 radical (unpaired) electrons. The Bertz CT molecular complexity index is 638. The largest absolute Gasteiger partial charge is 0.545 e. The number of nitrogens with one attached hydrogen (secondary N) is 1. The van der Waals surface area contributed by atoms with Crippen LogP contribution < -0.4 is 15.2 Å². The van der Waals surface area contributed by atoms with Gasteiger partial charge in [-0.2, -0.15) is 0 Å². The molecule has 0 saturated heterocycles. The summed E-state index contributed by atoms with van der Waals surface area (Å²) in [6, 6.07) is 10.8. The highest BCUT2D eigenvalue weighted by Crippen LogP contribution is 2.12. The Balaban J connectivity index is 1.86. The van der Waals surface area contributed by atoms with Crippen molar-refractivity contribution in [2.45, 2.75) is 0 Å².